The van der Waals surface area contributed by atoms with E-state index in [0.717, 1.165) is 0 Å². The van der Waals surface area contributed by atoms with Crippen LogP contribution < -0.4 is 9.16 Å². The van der Waals surface area contributed by atoms with E-state index < -0.39 is 6.09 Å². The first kappa shape index (κ1) is 15.4. The molecule has 1 aliphatic rings. The molecule has 8 heteroatoms. The minimum atomic E-state index is -0.568. The molecule has 25 heavy (non-hydrogen) atoms. The maximum Gasteiger partial charge on any atom is 0.415 e. The number of rotatable bonds is 1. The van der Waals surface area contributed by atoms with Gasteiger partial charge in [-0.25, -0.2) is 4.79 Å². The van der Waals surface area contributed by atoms with E-state index in [0.29, 0.717) is 35.5 Å². The van der Waals surface area contributed by atoms with Gasteiger partial charge in [-0.2, -0.15) is 0 Å². The summed E-state index contributed by atoms with van der Waals surface area (Å²) in [5, 5.41) is 12.6. The van der Waals surface area contributed by atoms with Crippen LogP contribution in [-0.4, -0.2) is 42.0 Å². The monoisotopic (exact) mass is 341 g/mol. The second-order valence-electron chi connectivity index (χ2n) is 5.67. The molecule has 1 fully saturated rings. The summed E-state index contributed by atoms with van der Waals surface area (Å²) >= 11 is 0. The molecule has 0 N–H and O–H groups in total. The summed E-state index contributed by atoms with van der Waals surface area (Å²) in [6.45, 7) is 1.73. The third-order valence-electron chi connectivity index (χ3n) is 4.19. The third kappa shape index (κ3) is 2.56. The number of para-hydroxylation sites is 3. The number of ether oxygens (including phenoxy) is 2. The predicted molar refractivity (Wildman–Crippen MR) is 90.0 cm³/mol. The molecule has 2 heterocycles. The fourth-order valence-corrected chi connectivity index (χ4v) is 2.92. The highest BCUT2D eigenvalue weighted by atomic mass is 16.6. The maximum atomic E-state index is 12.8. The topological polar surface area (TPSA) is 89.7 Å². The molecule has 1 aromatic heterocycles. The fourth-order valence-electron chi connectivity index (χ4n) is 2.92. The van der Waals surface area contributed by atoms with Crippen molar-refractivity contribution in [2.45, 2.75) is 0 Å². The standard InChI is InChI=1S/C17H15N3O5/c21-17(18-8-10-24-11-9-18)25-15-7-3-6-14-16(15)20(23)13-5-2-1-4-12(13)19(14)22/h1-7H,8-11H2. The average Bonchev–Trinajstić information content (AvgIpc) is 2.66. The highest BCUT2D eigenvalue weighted by molar-refractivity contribution is 5.88. The van der Waals surface area contributed by atoms with E-state index in [4.69, 9.17) is 9.47 Å². The summed E-state index contributed by atoms with van der Waals surface area (Å²) in [6.07, 6.45) is -0.568. The van der Waals surface area contributed by atoms with Crippen molar-refractivity contribution in [2.75, 3.05) is 26.3 Å². The van der Waals surface area contributed by atoms with Gasteiger partial charge in [0.15, 0.2) is 0 Å². The van der Waals surface area contributed by atoms with Crippen molar-refractivity contribution in [2.24, 2.45) is 0 Å². The second-order valence-corrected chi connectivity index (χ2v) is 5.67. The summed E-state index contributed by atoms with van der Waals surface area (Å²) in [5.74, 6) is 0.0549. The molecule has 0 saturated carbocycles. The van der Waals surface area contributed by atoms with Gasteiger partial charge >= 0.3 is 11.6 Å². The minimum absolute atomic E-state index is 0.0257. The van der Waals surface area contributed by atoms with Crippen LogP contribution in [0.3, 0.4) is 0 Å². The van der Waals surface area contributed by atoms with Gasteiger partial charge in [0.2, 0.25) is 5.75 Å². The largest absolute Gasteiger partial charge is 0.805 e. The van der Waals surface area contributed by atoms with Crippen LogP contribution in [-0.2, 0) is 4.74 Å². The SMILES string of the molecule is O=C(Oc1cccc2c1[n+](=O)c1ccccc1n2[O-])N1CCOCC1. The Labute approximate surface area is 142 Å². The Hall–Kier alpha value is -3.13. The summed E-state index contributed by atoms with van der Waals surface area (Å²) in [4.78, 5) is 26.6. The van der Waals surface area contributed by atoms with E-state index in [-0.39, 0.29) is 27.8 Å². The zero-order valence-corrected chi connectivity index (χ0v) is 13.3. The van der Waals surface area contributed by atoms with Crippen molar-refractivity contribution in [1.82, 2.24) is 9.63 Å². The van der Waals surface area contributed by atoms with Gasteiger partial charge in [0.05, 0.1) is 17.6 Å². The van der Waals surface area contributed by atoms with Crippen LogP contribution in [0.25, 0.3) is 22.1 Å². The first-order chi connectivity index (χ1) is 12.2. The van der Waals surface area contributed by atoms with Crippen molar-refractivity contribution >= 4 is 28.2 Å². The molecule has 3 aromatic rings. The molecule has 0 atom stereocenters. The van der Waals surface area contributed by atoms with E-state index in [1.54, 1.807) is 30.3 Å². The molecule has 4 rings (SSSR count). The molecule has 1 aliphatic heterocycles. The Balaban J connectivity index is 1.84. The summed E-state index contributed by atoms with van der Waals surface area (Å²) in [7, 11) is 0. The number of hydrogen-bond donors (Lipinski definition) is 0. The average molecular weight is 341 g/mol. The Morgan fingerprint density at radius 2 is 1.80 bits per heavy atom. The molecule has 0 bridgehead atoms. The zero-order chi connectivity index (χ0) is 17.4. The second kappa shape index (κ2) is 6.06. The van der Waals surface area contributed by atoms with Crippen molar-refractivity contribution in [3.8, 4) is 5.75 Å². The first-order valence-electron chi connectivity index (χ1n) is 7.88. The number of nitrogens with zero attached hydrogens (tertiary/aromatic N) is 3. The lowest BCUT2D eigenvalue weighted by atomic mass is 10.2. The van der Waals surface area contributed by atoms with Crippen molar-refractivity contribution in [1.29, 1.82) is 0 Å². The summed E-state index contributed by atoms with van der Waals surface area (Å²) in [6, 6.07) is 11.1. The highest BCUT2D eigenvalue weighted by Crippen LogP contribution is 2.25. The molecule has 128 valence electrons. The van der Waals surface area contributed by atoms with Crippen LogP contribution in [0.2, 0.25) is 0 Å². The van der Waals surface area contributed by atoms with Gasteiger partial charge in [0.25, 0.3) is 5.52 Å². The van der Waals surface area contributed by atoms with Gasteiger partial charge in [-0.1, -0.05) is 18.2 Å². The van der Waals surface area contributed by atoms with Gasteiger partial charge in [-0.3, -0.25) is 0 Å². The fraction of sp³-hybridized carbons (Fsp3) is 0.235. The van der Waals surface area contributed by atoms with Crippen LogP contribution in [0, 0.1) is 10.1 Å². The van der Waals surface area contributed by atoms with E-state index in [2.05, 4.69) is 0 Å². The Bertz CT molecular complexity index is 1020. The maximum absolute atomic E-state index is 12.8. The van der Waals surface area contributed by atoms with Gasteiger partial charge in [-0.05, 0) is 18.2 Å². The quantitative estimate of drug-likeness (QED) is 0.498. The van der Waals surface area contributed by atoms with Crippen molar-refractivity contribution in [3.05, 3.63) is 52.6 Å². The molecule has 0 aliphatic carbocycles. The van der Waals surface area contributed by atoms with E-state index >= 15 is 0 Å². The molecule has 1 saturated heterocycles. The minimum Gasteiger partial charge on any atom is -0.805 e. The van der Waals surface area contributed by atoms with Crippen LogP contribution in [0.4, 0.5) is 4.79 Å². The molecule has 1 amide bonds. The lowest BCUT2D eigenvalue weighted by molar-refractivity contribution is -0.433. The van der Waals surface area contributed by atoms with Gasteiger partial charge in [0.1, 0.15) is 11.0 Å². The Kier molecular flexibility index (Phi) is 3.73. The van der Waals surface area contributed by atoms with Crippen LogP contribution in [0.1, 0.15) is 0 Å². The molecular weight excluding hydrogens is 326 g/mol. The van der Waals surface area contributed by atoms with Crippen molar-refractivity contribution < 1.29 is 18.7 Å². The Morgan fingerprint density at radius 3 is 2.60 bits per heavy atom. The number of morpholine rings is 1. The van der Waals surface area contributed by atoms with Crippen LogP contribution >= 0.6 is 0 Å². The highest BCUT2D eigenvalue weighted by Gasteiger charge is 2.24. The number of carbonyl (C=O) groups is 1. The number of benzene rings is 2. The van der Waals surface area contributed by atoms with Crippen LogP contribution in [0.5, 0.6) is 5.75 Å². The van der Waals surface area contributed by atoms with Gasteiger partial charge in [0, 0.05) is 24.1 Å². The van der Waals surface area contributed by atoms with E-state index in [1.165, 1.54) is 17.0 Å². The summed E-state index contributed by atoms with van der Waals surface area (Å²) < 4.78 is 11.9. The van der Waals surface area contributed by atoms with Crippen molar-refractivity contribution in [3.63, 3.8) is 0 Å². The predicted octanol–water partition coefficient (Wildman–Crippen LogP) is 1.89. The normalized spacial score (nSPS) is 14.8. The molecular formula is C17H15N3O5. The number of fused-ring (bicyclic) bond motifs is 2. The Morgan fingerprint density at radius 1 is 1.08 bits per heavy atom. The molecule has 0 unspecified atom stereocenters. The number of amides is 1. The number of aromatic nitrogens is 2. The first-order valence-corrected chi connectivity index (χ1v) is 7.88. The van der Waals surface area contributed by atoms with E-state index in [1.807, 2.05) is 0 Å². The number of hydrogen-bond acceptors (Lipinski definition) is 5. The lowest BCUT2D eigenvalue weighted by Gasteiger charge is -2.25. The zero-order valence-electron chi connectivity index (χ0n) is 13.3. The molecule has 8 nitrogen and oxygen atoms in total. The molecule has 0 spiro atoms. The third-order valence-corrected chi connectivity index (χ3v) is 4.19. The van der Waals surface area contributed by atoms with Crippen LogP contribution in [0.15, 0.2) is 42.5 Å². The van der Waals surface area contributed by atoms with Gasteiger partial charge in [-0.15, -0.1) is 0 Å². The number of carbonyl (C=O) groups excluding carboxylic acids is 1. The molecule has 0 radical (unpaired) electrons. The van der Waals surface area contributed by atoms with Gasteiger partial charge < -0.3 is 24.3 Å². The lowest BCUT2D eigenvalue weighted by Crippen LogP contribution is -2.42. The smallest absolute Gasteiger partial charge is 0.415 e. The van der Waals surface area contributed by atoms with E-state index in [9.17, 15) is 14.9 Å². The summed E-state index contributed by atoms with van der Waals surface area (Å²) in [5.41, 5.74) is 0.625. The molecule has 2 aromatic carbocycles.